The summed E-state index contributed by atoms with van der Waals surface area (Å²) in [5.41, 5.74) is 13.2. The molecule has 1 aromatic rings. The third kappa shape index (κ3) is 4.23. The zero-order valence-corrected chi connectivity index (χ0v) is 19.3. The molecule has 3 aliphatic rings. The third-order valence-electron chi connectivity index (χ3n) is 7.62. The fourth-order valence-electron chi connectivity index (χ4n) is 5.62. The smallest absolute Gasteiger partial charge is 0.104 e. The Balaban J connectivity index is 1.31. The molecule has 0 amide bonds. The first-order chi connectivity index (χ1) is 14.4. The molecule has 0 spiro atoms. The quantitative estimate of drug-likeness (QED) is 0.635. The molecule has 30 heavy (non-hydrogen) atoms. The summed E-state index contributed by atoms with van der Waals surface area (Å²) in [6, 6.07) is 10.9. The topological polar surface area (TPSA) is 38.5 Å². The van der Waals surface area contributed by atoms with E-state index in [2.05, 4.69) is 56.0 Å². The van der Waals surface area contributed by atoms with Crippen LogP contribution in [-0.2, 0) is 11.2 Å². The minimum Gasteiger partial charge on any atom is -0.466 e. The number of piperidine rings is 1. The molecule has 162 valence electrons. The largest absolute Gasteiger partial charge is 0.466 e. The summed E-state index contributed by atoms with van der Waals surface area (Å²) < 4.78 is 5.98. The van der Waals surface area contributed by atoms with Gasteiger partial charge in [-0.15, -0.1) is 0 Å². The highest BCUT2D eigenvalue weighted by molar-refractivity contribution is 5.58. The number of fused-ring (bicyclic) bond motifs is 1. The van der Waals surface area contributed by atoms with E-state index in [9.17, 15) is 0 Å². The van der Waals surface area contributed by atoms with Crippen molar-refractivity contribution in [1.82, 2.24) is 4.90 Å². The Morgan fingerprint density at radius 1 is 1.07 bits per heavy atom. The maximum atomic E-state index is 6.78. The third-order valence-corrected chi connectivity index (χ3v) is 7.62. The number of rotatable bonds is 6. The lowest BCUT2D eigenvalue weighted by Gasteiger charge is -2.38. The van der Waals surface area contributed by atoms with E-state index in [1.54, 1.807) is 0 Å². The summed E-state index contributed by atoms with van der Waals surface area (Å²) in [5, 5.41) is 0. The van der Waals surface area contributed by atoms with Gasteiger partial charge >= 0.3 is 0 Å². The van der Waals surface area contributed by atoms with E-state index < -0.39 is 0 Å². The van der Waals surface area contributed by atoms with Gasteiger partial charge in [-0.3, -0.25) is 0 Å². The lowest BCUT2D eigenvalue weighted by atomic mass is 9.84. The van der Waals surface area contributed by atoms with Crippen LogP contribution in [0.4, 0.5) is 0 Å². The van der Waals surface area contributed by atoms with Gasteiger partial charge in [0.1, 0.15) is 11.5 Å². The predicted octanol–water partition coefficient (Wildman–Crippen LogP) is 5.94. The van der Waals surface area contributed by atoms with Gasteiger partial charge in [-0.1, -0.05) is 43.7 Å². The molecule has 0 saturated carbocycles. The van der Waals surface area contributed by atoms with Gasteiger partial charge in [0.25, 0.3) is 0 Å². The van der Waals surface area contributed by atoms with Gasteiger partial charge < -0.3 is 15.4 Å². The molecule has 1 fully saturated rings. The van der Waals surface area contributed by atoms with E-state index in [0.29, 0.717) is 0 Å². The molecule has 1 aromatic carbocycles. The first-order valence-corrected chi connectivity index (χ1v) is 11.7. The lowest BCUT2D eigenvalue weighted by Crippen LogP contribution is -2.42. The molecule has 1 aliphatic carbocycles. The molecule has 0 aromatic heterocycles. The Morgan fingerprint density at radius 3 is 2.47 bits per heavy atom. The molecule has 3 nitrogen and oxygen atoms in total. The molecular formula is C27H38N2O. The summed E-state index contributed by atoms with van der Waals surface area (Å²) in [6.45, 7) is 12.1. The molecule has 1 atom stereocenters. The highest BCUT2D eigenvalue weighted by Crippen LogP contribution is 2.50. The average molecular weight is 407 g/mol. The van der Waals surface area contributed by atoms with E-state index in [4.69, 9.17) is 10.5 Å². The average Bonchev–Trinajstić information content (AvgIpc) is 3.00. The monoisotopic (exact) mass is 406 g/mol. The Labute approximate surface area is 182 Å². The van der Waals surface area contributed by atoms with Crippen LogP contribution < -0.4 is 5.73 Å². The molecule has 3 heteroatoms. The summed E-state index contributed by atoms with van der Waals surface area (Å²) >= 11 is 0. The van der Waals surface area contributed by atoms with Crippen molar-refractivity contribution in [3.05, 3.63) is 69.8 Å². The number of hydrogen-bond donors (Lipinski definition) is 1. The van der Waals surface area contributed by atoms with Gasteiger partial charge in [0.15, 0.2) is 0 Å². The molecule has 1 unspecified atom stereocenters. The molecule has 1 saturated heterocycles. The van der Waals surface area contributed by atoms with Crippen molar-refractivity contribution in [2.45, 2.75) is 66.2 Å². The second-order valence-electron chi connectivity index (χ2n) is 9.94. The lowest BCUT2D eigenvalue weighted by molar-refractivity contribution is 0.133. The van der Waals surface area contributed by atoms with Crippen molar-refractivity contribution in [1.29, 1.82) is 0 Å². The van der Waals surface area contributed by atoms with Gasteiger partial charge in [-0.05, 0) is 83.0 Å². The maximum absolute atomic E-state index is 6.78. The van der Waals surface area contributed by atoms with Crippen molar-refractivity contribution < 1.29 is 4.74 Å². The SMILES string of the molecule is CC1=C(C)C2=C(N)C(C)(CN3CCC(CCCc4ccccc4)CC3)CC2=C(C)O1. The second-order valence-corrected chi connectivity index (χ2v) is 9.94. The number of allylic oxidation sites excluding steroid dienone is 5. The zero-order valence-electron chi connectivity index (χ0n) is 19.3. The summed E-state index contributed by atoms with van der Waals surface area (Å²) in [5.74, 6) is 2.91. The minimum absolute atomic E-state index is 0.0152. The Kier molecular flexibility index (Phi) is 6.11. The van der Waals surface area contributed by atoms with Crippen molar-refractivity contribution in [2.75, 3.05) is 19.6 Å². The zero-order chi connectivity index (χ0) is 21.3. The Hall–Kier alpha value is -2.00. The highest BCUT2D eigenvalue weighted by Gasteiger charge is 2.43. The van der Waals surface area contributed by atoms with Crippen LogP contribution in [0.15, 0.2) is 64.3 Å². The number of benzene rings is 1. The van der Waals surface area contributed by atoms with Gasteiger partial charge in [0.2, 0.25) is 0 Å². The van der Waals surface area contributed by atoms with Gasteiger partial charge in [-0.2, -0.15) is 0 Å². The molecule has 4 rings (SSSR count). The molecule has 0 bridgehead atoms. The number of aryl methyl sites for hydroxylation is 1. The van der Waals surface area contributed by atoms with Crippen LogP contribution >= 0.6 is 0 Å². The van der Waals surface area contributed by atoms with Crippen LogP contribution in [0, 0.1) is 11.3 Å². The van der Waals surface area contributed by atoms with Crippen LogP contribution in [0.2, 0.25) is 0 Å². The highest BCUT2D eigenvalue weighted by atomic mass is 16.5. The normalized spacial score (nSPS) is 25.7. The first kappa shape index (κ1) is 21.2. The van der Waals surface area contributed by atoms with Gasteiger partial charge in [-0.25, -0.2) is 0 Å². The van der Waals surface area contributed by atoms with Crippen molar-refractivity contribution in [3.63, 3.8) is 0 Å². The fraction of sp³-hybridized carbons (Fsp3) is 0.556. The van der Waals surface area contributed by atoms with E-state index >= 15 is 0 Å². The first-order valence-electron chi connectivity index (χ1n) is 11.7. The Bertz CT molecular complexity index is 871. The van der Waals surface area contributed by atoms with E-state index in [0.717, 1.165) is 36.1 Å². The molecule has 2 heterocycles. The van der Waals surface area contributed by atoms with Gasteiger partial charge in [0.05, 0.1) is 0 Å². The Morgan fingerprint density at radius 2 is 1.77 bits per heavy atom. The van der Waals surface area contributed by atoms with E-state index in [1.807, 2.05) is 6.92 Å². The van der Waals surface area contributed by atoms with Crippen LogP contribution in [0.25, 0.3) is 0 Å². The van der Waals surface area contributed by atoms with Gasteiger partial charge in [0, 0.05) is 28.8 Å². The number of ether oxygens (including phenoxy) is 1. The standard InChI is InChI=1S/C27H38N2O/c1-19-20(2)30-21(3)24-17-27(4,26(28)25(19)24)18-29-15-13-23(14-16-29)12-8-11-22-9-6-5-7-10-22/h5-7,9-10,23H,8,11-18,28H2,1-4H3. The maximum Gasteiger partial charge on any atom is 0.104 e. The molecule has 2 N–H and O–H groups in total. The summed E-state index contributed by atoms with van der Waals surface area (Å²) in [7, 11) is 0. The van der Waals surface area contributed by atoms with E-state index in [1.165, 1.54) is 67.5 Å². The number of hydrogen-bond acceptors (Lipinski definition) is 3. The molecule has 0 radical (unpaired) electrons. The fourth-order valence-corrected chi connectivity index (χ4v) is 5.62. The van der Waals surface area contributed by atoms with Crippen LogP contribution in [0.3, 0.4) is 0 Å². The number of nitrogens with two attached hydrogens (primary N) is 1. The van der Waals surface area contributed by atoms with Crippen LogP contribution in [0.1, 0.15) is 65.4 Å². The van der Waals surface area contributed by atoms with E-state index in [-0.39, 0.29) is 5.41 Å². The van der Waals surface area contributed by atoms with Crippen molar-refractivity contribution >= 4 is 0 Å². The molecule has 2 aliphatic heterocycles. The summed E-state index contributed by atoms with van der Waals surface area (Å²) in [6.07, 6.45) is 7.53. The minimum atomic E-state index is 0.0152. The molecular weight excluding hydrogens is 368 g/mol. The van der Waals surface area contributed by atoms with Crippen LogP contribution in [0.5, 0.6) is 0 Å². The van der Waals surface area contributed by atoms with Crippen LogP contribution in [-0.4, -0.2) is 24.5 Å². The van der Waals surface area contributed by atoms with Crippen molar-refractivity contribution in [2.24, 2.45) is 17.1 Å². The number of likely N-dealkylation sites (tertiary alicyclic amines) is 1. The number of nitrogens with zero attached hydrogens (tertiary/aromatic N) is 1. The summed E-state index contributed by atoms with van der Waals surface area (Å²) in [4.78, 5) is 2.65. The van der Waals surface area contributed by atoms with Crippen molar-refractivity contribution in [3.8, 4) is 0 Å². The second kappa shape index (κ2) is 8.63. The predicted molar refractivity (Wildman–Crippen MR) is 125 cm³/mol.